The van der Waals surface area contributed by atoms with Crippen LogP contribution in [0.15, 0.2) is 35.4 Å². The van der Waals surface area contributed by atoms with E-state index in [9.17, 15) is 8.42 Å². The first-order valence-corrected chi connectivity index (χ1v) is 8.47. The zero-order valence-corrected chi connectivity index (χ0v) is 12.5. The van der Waals surface area contributed by atoms with E-state index in [1.165, 1.54) is 0 Å². The third-order valence-corrected chi connectivity index (χ3v) is 5.42. The van der Waals surface area contributed by atoms with Crippen molar-refractivity contribution in [3.63, 3.8) is 0 Å². The molecule has 0 saturated heterocycles. The number of para-hydroxylation sites is 1. The normalized spacial score (nSPS) is 11.5. The third-order valence-electron chi connectivity index (χ3n) is 2.72. The number of hydrogen-bond acceptors (Lipinski definition) is 5. The molecule has 0 aliphatic carbocycles. The molecule has 19 heavy (non-hydrogen) atoms. The largest absolute Gasteiger partial charge is 0.379 e. The highest BCUT2D eigenvalue weighted by Crippen LogP contribution is 2.23. The van der Waals surface area contributed by atoms with Crippen LogP contribution < -0.4 is 5.32 Å². The van der Waals surface area contributed by atoms with Crippen molar-refractivity contribution < 1.29 is 8.42 Å². The summed E-state index contributed by atoms with van der Waals surface area (Å²) < 4.78 is 24.0. The quantitative estimate of drug-likeness (QED) is 0.921. The van der Waals surface area contributed by atoms with Crippen LogP contribution in [0.3, 0.4) is 0 Å². The Morgan fingerprint density at radius 2 is 2.05 bits per heavy atom. The van der Waals surface area contributed by atoms with Crippen molar-refractivity contribution in [3.8, 4) is 0 Å². The number of nitrogens with zero attached hydrogens (tertiary/aromatic N) is 1. The summed E-state index contributed by atoms with van der Waals surface area (Å²) in [4.78, 5) is 5.62. The molecule has 1 heterocycles. The maximum absolute atomic E-state index is 12.0. The van der Waals surface area contributed by atoms with Gasteiger partial charge in [0.1, 0.15) is 0 Å². The van der Waals surface area contributed by atoms with Crippen LogP contribution >= 0.6 is 11.3 Å². The number of hydrogen-bond donors (Lipinski definition) is 1. The molecule has 0 unspecified atom stereocenters. The monoisotopic (exact) mass is 296 g/mol. The van der Waals surface area contributed by atoms with Crippen LogP contribution in [0.25, 0.3) is 0 Å². The van der Waals surface area contributed by atoms with Gasteiger partial charge in [-0.2, -0.15) is 0 Å². The molecular formula is C13H16N2O2S2. The summed E-state index contributed by atoms with van der Waals surface area (Å²) in [6.45, 7) is 4.18. The summed E-state index contributed by atoms with van der Waals surface area (Å²) in [5.41, 5.74) is 0.649. The lowest BCUT2D eigenvalue weighted by atomic mass is 10.3. The van der Waals surface area contributed by atoms with E-state index in [2.05, 4.69) is 10.3 Å². The fraction of sp³-hybridized carbons (Fsp3) is 0.308. The second-order valence-electron chi connectivity index (χ2n) is 4.10. The van der Waals surface area contributed by atoms with Crippen LogP contribution in [-0.4, -0.2) is 19.2 Å². The van der Waals surface area contributed by atoms with E-state index >= 15 is 0 Å². The molecule has 0 amide bonds. The van der Waals surface area contributed by atoms with Crippen molar-refractivity contribution >= 4 is 26.9 Å². The van der Waals surface area contributed by atoms with Gasteiger partial charge in [0.05, 0.1) is 27.9 Å². The minimum Gasteiger partial charge on any atom is -0.379 e. The minimum absolute atomic E-state index is 0.103. The van der Waals surface area contributed by atoms with Gasteiger partial charge in [0.15, 0.2) is 9.84 Å². The molecular weight excluding hydrogens is 280 g/mol. The summed E-state index contributed by atoms with van der Waals surface area (Å²) in [7, 11) is -3.20. The number of aromatic nitrogens is 1. The van der Waals surface area contributed by atoms with E-state index in [-0.39, 0.29) is 5.75 Å². The van der Waals surface area contributed by atoms with Crippen molar-refractivity contribution in [1.82, 2.24) is 4.98 Å². The minimum atomic E-state index is -3.20. The predicted octanol–water partition coefficient (Wildman–Crippen LogP) is 2.86. The van der Waals surface area contributed by atoms with E-state index < -0.39 is 9.84 Å². The standard InChI is InChI=1S/C13H16N2O2S2/c1-3-19(16,17)13-7-5-4-6-12(13)15-9-11-8-14-10(2)18-11/h4-8,15H,3,9H2,1-2H3. The average molecular weight is 296 g/mol. The Labute approximate surface area is 117 Å². The summed E-state index contributed by atoms with van der Waals surface area (Å²) in [6.07, 6.45) is 1.81. The smallest absolute Gasteiger partial charge is 0.180 e. The molecule has 0 aliphatic heterocycles. The highest BCUT2D eigenvalue weighted by molar-refractivity contribution is 7.91. The number of sulfone groups is 1. The predicted molar refractivity (Wildman–Crippen MR) is 78.3 cm³/mol. The van der Waals surface area contributed by atoms with Crippen LogP contribution in [0.2, 0.25) is 0 Å². The lowest BCUT2D eigenvalue weighted by molar-refractivity contribution is 0.597. The van der Waals surface area contributed by atoms with Gasteiger partial charge in [-0.05, 0) is 19.1 Å². The molecule has 0 atom stereocenters. The number of anilines is 1. The molecule has 102 valence electrons. The van der Waals surface area contributed by atoms with E-state index in [1.54, 1.807) is 36.5 Å². The third kappa shape index (κ3) is 3.33. The van der Waals surface area contributed by atoms with E-state index in [4.69, 9.17) is 0 Å². The van der Waals surface area contributed by atoms with Gasteiger partial charge in [0.25, 0.3) is 0 Å². The van der Waals surface area contributed by atoms with Gasteiger partial charge in [0.2, 0.25) is 0 Å². The van der Waals surface area contributed by atoms with Gasteiger partial charge in [-0.3, -0.25) is 0 Å². The zero-order chi connectivity index (χ0) is 13.9. The van der Waals surface area contributed by atoms with Crippen LogP contribution in [-0.2, 0) is 16.4 Å². The first kappa shape index (κ1) is 14.0. The molecule has 1 aromatic heterocycles. The number of thiazole rings is 1. The molecule has 2 rings (SSSR count). The summed E-state index contributed by atoms with van der Waals surface area (Å²) in [5, 5.41) is 4.18. The second kappa shape index (κ2) is 5.71. The average Bonchev–Trinajstić information content (AvgIpc) is 2.82. The van der Waals surface area contributed by atoms with Gasteiger partial charge in [-0.1, -0.05) is 19.1 Å². The molecule has 0 fully saturated rings. The summed E-state index contributed by atoms with van der Waals surface area (Å²) >= 11 is 1.60. The first-order valence-electron chi connectivity index (χ1n) is 6.00. The molecule has 1 aromatic carbocycles. The van der Waals surface area contributed by atoms with Crippen molar-refractivity contribution in [2.45, 2.75) is 25.3 Å². The van der Waals surface area contributed by atoms with Crippen LogP contribution in [0.4, 0.5) is 5.69 Å². The highest BCUT2D eigenvalue weighted by atomic mass is 32.2. The number of aryl methyl sites for hydroxylation is 1. The molecule has 6 heteroatoms. The topological polar surface area (TPSA) is 59.1 Å². The van der Waals surface area contributed by atoms with E-state index in [1.807, 2.05) is 19.2 Å². The Balaban J connectivity index is 2.21. The number of rotatable bonds is 5. The molecule has 0 spiro atoms. The van der Waals surface area contributed by atoms with Gasteiger partial charge in [-0.15, -0.1) is 11.3 Å². The van der Waals surface area contributed by atoms with Crippen molar-refractivity contribution in [1.29, 1.82) is 0 Å². The Kier molecular flexibility index (Phi) is 4.21. The molecule has 0 radical (unpaired) electrons. The van der Waals surface area contributed by atoms with Crippen LogP contribution in [0.1, 0.15) is 16.8 Å². The number of benzene rings is 1. The van der Waals surface area contributed by atoms with Crippen molar-refractivity contribution in [3.05, 3.63) is 40.3 Å². The van der Waals surface area contributed by atoms with Gasteiger partial charge in [-0.25, -0.2) is 13.4 Å². The fourth-order valence-corrected chi connectivity index (χ4v) is 3.52. The molecule has 4 nitrogen and oxygen atoms in total. The lowest BCUT2D eigenvalue weighted by Gasteiger charge is -2.10. The molecule has 0 bridgehead atoms. The maximum atomic E-state index is 12.0. The lowest BCUT2D eigenvalue weighted by Crippen LogP contribution is -2.08. The Hall–Kier alpha value is -1.40. The van der Waals surface area contributed by atoms with Gasteiger partial charge < -0.3 is 5.32 Å². The summed E-state index contributed by atoms with van der Waals surface area (Å²) in [6, 6.07) is 7.00. The van der Waals surface area contributed by atoms with E-state index in [0.29, 0.717) is 17.1 Å². The molecule has 0 saturated carbocycles. The Morgan fingerprint density at radius 1 is 1.32 bits per heavy atom. The number of nitrogens with one attached hydrogen (secondary N) is 1. The maximum Gasteiger partial charge on any atom is 0.180 e. The molecule has 0 aliphatic rings. The van der Waals surface area contributed by atoms with Gasteiger partial charge in [0, 0.05) is 11.1 Å². The highest BCUT2D eigenvalue weighted by Gasteiger charge is 2.15. The SMILES string of the molecule is CCS(=O)(=O)c1ccccc1NCc1cnc(C)s1. The Bertz CT molecular complexity index is 663. The van der Waals surface area contributed by atoms with E-state index in [0.717, 1.165) is 9.88 Å². The second-order valence-corrected chi connectivity index (χ2v) is 7.66. The van der Waals surface area contributed by atoms with Crippen molar-refractivity contribution in [2.24, 2.45) is 0 Å². The van der Waals surface area contributed by atoms with Gasteiger partial charge >= 0.3 is 0 Å². The van der Waals surface area contributed by atoms with Crippen LogP contribution in [0.5, 0.6) is 0 Å². The zero-order valence-electron chi connectivity index (χ0n) is 10.9. The van der Waals surface area contributed by atoms with Crippen LogP contribution in [0, 0.1) is 6.92 Å². The molecule has 1 N–H and O–H groups in total. The Morgan fingerprint density at radius 3 is 2.68 bits per heavy atom. The fourth-order valence-electron chi connectivity index (χ4n) is 1.71. The van der Waals surface area contributed by atoms with Crippen molar-refractivity contribution in [2.75, 3.05) is 11.1 Å². The first-order chi connectivity index (χ1) is 9.03. The molecule has 2 aromatic rings. The summed E-state index contributed by atoms with van der Waals surface area (Å²) in [5.74, 6) is 0.103.